The number of carbonyl (C=O) groups excluding carboxylic acids is 3. The number of ketones is 3. The average molecular weight is 580 g/mol. The fourth-order valence-electron chi connectivity index (χ4n) is 5.75. The van der Waals surface area contributed by atoms with Gasteiger partial charge >= 0.3 is 1.43 Å². The molecule has 0 saturated carbocycles. The minimum atomic E-state index is -2.24. The maximum Gasteiger partial charge on any atom is 1.00 e. The van der Waals surface area contributed by atoms with Gasteiger partial charge in [-0.2, -0.15) is 0 Å². The normalized spacial score (nSPS) is 29.1. The number of Topliss-reactive ketones (excluding diaryl/α,β-unsaturated/α-hetero) is 1. The van der Waals surface area contributed by atoms with Gasteiger partial charge < -0.3 is 57.9 Å². The van der Waals surface area contributed by atoms with Crippen LogP contribution in [0.1, 0.15) is 70.3 Å². The minimum absolute atomic E-state index is 0. The molecule has 0 aromatic heterocycles. The number of ether oxygens (including phenoxy) is 3. The molecule has 1 saturated heterocycles. The van der Waals surface area contributed by atoms with Crippen molar-refractivity contribution < 1.29 is 68.0 Å². The monoisotopic (exact) mass is 579 g/mol. The summed E-state index contributed by atoms with van der Waals surface area (Å²) in [7, 11) is 1.32. The highest BCUT2D eigenvalue weighted by Crippen LogP contribution is 2.52. The molecule has 0 radical (unpaired) electrons. The number of methoxy groups -OCH3 is 1. The number of carbonyl (C=O) groups is 3. The number of nitrogens with two attached hydrogens (primary N) is 1. The molecule has 2 aliphatic carbocycles. The Morgan fingerprint density at radius 2 is 1.85 bits per heavy atom. The molecule has 1 heterocycles. The second-order valence-corrected chi connectivity index (χ2v) is 10.2. The van der Waals surface area contributed by atoms with Crippen molar-refractivity contribution in [1.82, 2.24) is 0 Å². The molecule has 5 rings (SSSR count). The fraction of sp³-hybridized carbons (Fsp3) is 0.444. The molecule has 1 fully saturated rings. The predicted molar refractivity (Wildman–Crippen MR) is 133 cm³/mol. The van der Waals surface area contributed by atoms with Crippen LogP contribution >= 0.6 is 0 Å². The number of aliphatic hydroxyl groups excluding tert-OH is 2. The number of phenols is 2. The average Bonchev–Trinajstić information content (AvgIpc) is 2.90. The number of benzene rings is 2. The Balaban J connectivity index is 0.00000231. The van der Waals surface area contributed by atoms with E-state index in [1.165, 1.54) is 25.3 Å². The minimum Gasteiger partial charge on any atom is -1.00 e. The van der Waals surface area contributed by atoms with Crippen LogP contribution in [0.25, 0.3) is 0 Å². The highest BCUT2D eigenvalue weighted by Gasteiger charge is 2.50. The van der Waals surface area contributed by atoms with Gasteiger partial charge in [-0.25, -0.2) is 0 Å². The molecule has 216 valence electrons. The van der Waals surface area contributed by atoms with Crippen LogP contribution in [-0.4, -0.2) is 86.7 Å². The molecular formula is C27H30ClNO11. The third kappa shape index (κ3) is 4.45. The van der Waals surface area contributed by atoms with Crippen molar-refractivity contribution in [2.24, 2.45) is 5.73 Å². The summed E-state index contributed by atoms with van der Waals surface area (Å²) in [5.74, 6) is -3.77. The first-order valence-corrected chi connectivity index (χ1v) is 12.4. The van der Waals surface area contributed by atoms with E-state index in [-0.39, 0.29) is 48.3 Å². The molecule has 13 heteroatoms. The molecule has 0 spiro atoms. The van der Waals surface area contributed by atoms with Crippen LogP contribution in [0.3, 0.4) is 0 Å². The van der Waals surface area contributed by atoms with Gasteiger partial charge in [0.1, 0.15) is 29.5 Å². The standard InChI is InChI=1S/C27H29NO11.ClH/c1-10-22(31)13(28)6-17(38-10)39-15-8-27(36,16(30)9-29)7-12-19(15)26(35)21-20(24(12)33)23(32)11-4-3-5-14(37-2)18(11)25(21)34;/h3-5,10,13,15,17,22,29,31,33,35-36H,6-9,28H2,1-2H3;1H/t10?,13?,15-,17?,22?,27-;/m0./s1. The van der Waals surface area contributed by atoms with Gasteiger partial charge in [-0.05, 0) is 13.0 Å². The lowest BCUT2D eigenvalue weighted by Gasteiger charge is -2.42. The number of aliphatic hydroxyl groups is 3. The van der Waals surface area contributed by atoms with Gasteiger partial charge in [0.2, 0.25) is 5.78 Å². The first-order valence-electron chi connectivity index (χ1n) is 12.4. The maximum atomic E-state index is 13.6. The Hall–Kier alpha value is -3.10. The Morgan fingerprint density at radius 3 is 2.48 bits per heavy atom. The summed E-state index contributed by atoms with van der Waals surface area (Å²) in [4.78, 5) is 39.7. The lowest BCUT2D eigenvalue weighted by Crippen LogP contribution is -3.00. The lowest BCUT2D eigenvalue weighted by molar-refractivity contribution is -0.247. The van der Waals surface area contributed by atoms with Crippen LogP contribution in [0.4, 0.5) is 0 Å². The SMILES string of the molecule is COc1cccc2c1C(=O)c1c(O)c3c(c(O)c1C2=O)C[C@@](O)(C(=O)CO)C[C@@H]3OC1CC(N)C(O)C(C)O1.[Cl-].[H+]. The Bertz CT molecular complexity index is 1390. The third-order valence-electron chi connectivity index (χ3n) is 7.81. The zero-order valence-electron chi connectivity index (χ0n) is 22.6. The zero-order valence-corrected chi connectivity index (χ0v) is 22.3. The molecule has 1 aliphatic heterocycles. The van der Waals surface area contributed by atoms with Crippen molar-refractivity contribution in [2.75, 3.05) is 13.7 Å². The van der Waals surface area contributed by atoms with Crippen molar-refractivity contribution in [3.8, 4) is 17.2 Å². The molecule has 7 N–H and O–H groups in total. The molecule has 6 atom stereocenters. The van der Waals surface area contributed by atoms with Crippen molar-refractivity contribution >= 4 is 17.3 Å². The third-order valence-corrected chi connectivity index (χ3v) is 7.81. The topological polar surface area (TPSA) is 206 Å². The summed E-state index contributed by atoms with van der Waals surface area (Å²) in [6.45, 7) is 0.560. The molecule has 2 aromatic rings. The van der Waals surface area contributed by atoms with E-state index in [0.717, 1.165) is 0 Å². The molecule has 2 aromatic carbocycles. The maximum absolute atomic E-state index is 13.6. The first kappa shape index (κ1) is 29.9. The molecule has 0 amide bonds. The summed E-state index contributed by atoms with van der Waals surface area (Å²) in [6.07, 6.45) is -5.12. The van der Waals surface area contributed by atoms with Crippen molar-refractivity contribution in [1.29, 1.82) is 0 Å². The van der Waals surface area contributed by atoms with Gasteiger partial charge in [0.05, 0.1) is 42.1 Å². The molecule has 0 bridgehead atoms. The lowest BCUT2D eigenvalue weighted by atomic mass is 9.72. The van der Waals surface area contributed by atoms with Crippen LogP contribution in [0.5, 0.6) is 17.2 Å². The summed E-state index contributed by atoms with van der Waals surface area (Å²) in [5.41, 5.74) is 2.37. The van der Waals surface area contributed by atoms with E-state index in [9.17, 15) is 39.9 Å². The number of hydrogen-bond donors (Lipinski definition) is 6. The summed E-state index contributed by atoms with van der Waals surface area (Å²) in [6, 6.07) is 3.64. The highest BCUT2D eigenvalue weighted by molar-refractivity contribution is 6.31. The highest BCUT2D eigenvalue weighted by atomic mass is 35.5. The number of halogens is 1. The molecule has 4 unspecified atom stereocenters. The second-order valence-electron chi connectivity index (χ2n) is 10.2. The van der Waals surface area contributed by atoms with E-state index in [4.69, 9.17) is 19.9 Å². The van der Waals surface area contributed by atoms with Crippen molar-refractivity contribution in [3.63, 3.8) is 0 Å². The quantitative estimate of drug-likeness (QED) is 0.169. The van der Waals surface area contributed by atoms with Gasteiger partial charge in [-0.3, -0.25) is 14.4 Å². The van der Waals surface area contributed by atoms with E-state index < -0.39 is 95.7 Å². The largest absolute Gasteiger partial charge is 1.00 e. The van der Waals surface area contributed by atoms with E-state index in [1.807, 2.05) is 0 Å². The number of rotatable bonds is 5. The number of aromatic hydroxyl groups is 2. The number of fused-ring (bicyclic) bond motifs is 3. The van der Waals surface area contributed by atoms with Crippen LogP contribution in [0, 0.1) is 0 Å². The Morgan fingerprint density at radius 1 is 1.18 bits per heavy atom. The van der Waals surface area contributed by atoms with Gasteiger partial charge in [0.15, 0.2) is 17.9 Å². The smallest absolute Gasteiger partial charge is 1.00 e. The summed E-state index contributed by atoms with van der Waals surface area (Å²) in [5, 5.41) is 53.7. The molecule has 3 aliphatic rings. The summed E-state index contributed by atoms with van der Waals surface area (Å²) >= 11 is 0. The van der Waals surface area contributed by atoms with Crippen LogP contribution < -0.4 is 22.9 Å². The number of hydrogen-bond acceptors (Lipinski definition) is 12. The fourth-order valence-corrected chi connectivity index (χ4v) is 5.75. The van der Waals surface area contributed by atoms with Gasteiger partial charge in [0.25, 0.3) is 0 Å². The zero-order chi connectivity index (χ0) is 28.4. The predicted octanol–water partition coefficient (Wildman–Crippen LogP) is -2.88. The molecular weight excluding hydrogens is 550 g/mol. The Labute approximate surface area is 236 Å². The Kier molecular flexibility index (Phi) is 8.00. The van der Waals surface area contributed by atoms with Crippen LogP contribution in [0.15, 0.2) is 18.2 Å². The molecule has 40 heavy (non-hydrogen) atoms. The first-order chi connectivity index (χ1) is 18.4. The van der Waals surface area contributed by atoms with E-state index >= 15 is 0 Å². The van der Waals surface area contributed by atoms with Gasteiger partial charge in [-0.15, -0.1) is 0 Å². The van der Waals surface area contributed by atoms with Gasteiger partial charge in [-0.1, -0.05) is 12.1 Å². The van der Waals surface area contributed by atoms with Crippen LogP contribution in [-0.2, 0) is 20.7 Å². The van der Waals surface area contributed by atoms with E-state index in [1.54, 1.807) is 6.92 Å². The van der Waals surface area contributed by atoms with Gasteiger partial charge in [0, 0.05) is 42.0 Å². The number of phenolic OH excluding ortho intramolecular Hbond substituents is 2. The van der Waals surface area contributed by atoms with E-state index in [2.05, 4.69) is 0 Å². The second kappa shape index (κ2) is 10.7. The van der Waals surface area contributed by atoms with Crippen molar-refractivity contribution in [3.05, 3.63) is 51.6 Å². The molecule has 12 nitrogen and oxygen atoms in total. The van der Waals surface area contributed by atoms with Crippen LogP contribution in [0.2, 0.25) is 0 Å². The van der Waals surface area contributed by atoms with E-state index in [0.29, 0.717) is 0 Å². The van der Waals surface area contributed by atoms with Crippen molar-refractivity contribution in [2.45, 2.75) is 62.4 Å². The summed E-state index contributed by atoms with van der Waals surface area (Å²) < 4.78 is 17.0.